The van der Waals surface area contributed by atoms with Crippen LogP contribution in [0.5, 0.6) is 0 Å². The van der Waals surface area contributed by atoms with Gasteiger partial charge in [-0.3, -0.25) is 5.43 Å². The topological polar surface area (TPSA) is 92.2 Å². The molecule has 4 rings (SSSR count). The van der Waals surface area contributed by atoms with Crippen molar-refractivity contribution in [3.05, 3.63) is 77.9 Å². The third-order valence-corrected chi connectivity index (χ3v) is 4.86. The Kier molecular flexibility index (Phi) is 5.01. The number of benzene rings is 3. The number of aromatic amines is 1. The molecular weight excluding hydrogens is 378 g/mol. The number of H-pyrrole nitrogens is 1. The van der Waals surface area contributed by atoms with Gasteiger partial charge in [0.05, 0.1) is 11.9 Å². The standard InChI is InChI=1S/C23H21N5S/c1-14-8-10-15(11-9-14)18-6-3-7-20-21(18)19(13-26-28-23(25)29)22(27-20)16-4-2-5-17(24)12-16/h2-13,27H,24H2,1H3,(H3,25,28,29)/b26-13+. The van der Waals surface area contributed by atoms with Gasteiger partial charge in [-0.2, -0.15) is 5.10 Å². The monoisotopic (exact) mass is 399 g/mol. The quantitative estimate of drug-likeness (QED) is 0.175. The molecule has 144 valence electrons. The van der Waals surface area contributed by atoms with Gasteiger partial charge in [0.1, 0.15) is 0 Å². The summed E-state index contributed by atoms with van der Waals surface area (Å²) in [5.74, 6) is 0. The number of thiocarbonyl (C=S) groups is 1. The number of hydrogen-bond donors (Lipinski definition) is 4. The van der Waals surface area contributed by atoms with E-state index in [1.54, 1.807) is 6.21 Å². The number of nitrogens with one attached hydrogen (secondary N) is 2. The zero-order valence-electron chi connectivity index (χ0n) is 15.9. The van der Waals surface area contributed by atoms with Crippen molar-refractivity contribution < 1.29 is 0 Å². The molecule has 0 aliphatic carbocycles. The highest BCUT2D eigenvalue weighted by atomic mass is 32.1. The molecule has 3 aromatic carbocycles. The summed E-state index contributed by atoms with van der Waals surface area (Å²) < 4.78 is 0. The molecule has 0 atom stereocenters. The molecule has 0 saturated carbocycles. The molecule has 0 aliphatic heterocycles. The van der Waals surface area contributed by atoms with Gasteiger partial charge in [0.2, 0.25) is 0 Å². The number of aryl methyl sites for hydroxylation is 1. The fourth-order valence-electron chi connectivity index (χ4n) is 3.46. The number of nitrogens with zero attached hydrogens (tertiary/aromatic N) is 1. The maximum Gasteiger partial charge on any atom is 0.184 e. The highest BCUT2D eigenvalue weighted by molar-refractivity contribution is 7.80. The summed E-state index contributed by atoms with van der Waals surface area (Å²) in [6, 6.07) is 22.5. The lowest BCUT2D eigenvalue weighted by atomic mass is 9.97. The lowest BCUT2D eigenvalue weighted by Gasteiger charge is -2.07. The number of hydrogen-bond acceptors (Lipinski definition) is 3. The Morgan fingerprint density at radius 2 is 1.79 bits per heavy atom. The van der Waals surface area contributed by atoms with E-state index in [0.717, 1.165) is 38.9 Å². The highest BCUT2D eigenvalue weighted by Crippen LogP contribution is 2.36. The molecule has 0 aliphatic rings. The molecule has 0 saturated heterocycles. The summed E-state index contributed by atoms with van der Waals surface area (Å²) in [7, 11) is 0. The smallest absolute Gasteiger partial charge is 0.184 e. The number of rotatable bonds is 4. The van der Waals surface area contributed by atoms with E-state index in [9.17, 15) is 0 Å². The molecule has 0 bridgehead atoms. The van der Waals surface area contributed by atoms with Crippen molar-refractivity contribution in [2.75, 3.05) is 5.73 Å². The number of nitrogen functional groups attached to an aromatic ring is 1. The first kappa shape index (κ1) is 18.7. The number of anilines is 1. The summed E-state index contributed by atoms with van der Waals surface area (Å²) in [5, 5.41) is 5.42. The van der Waals surface area contributed by atoms with E-state index in [1.165, 1.54) is 5.56 Å². The first-order valence-corrected chi connectivity index (χ1v) is 9.60. The lowest BCUT2D eigenvalue weighted by Crippen LogP contribution is -2.24. The van der Waals surface area contributed by atoms with Gasteiger partial charge in [-0.15, -0.1) is 0 Å². The van der Waals surface area contributed by atoms with Crippen LogP contribution in [0.3, 0.4) is 0 Å². The van der Waals surface area contributed by atoms with Gasteiger partial charge in [-0.05, 0) is 48.5 Å². The van der Waals surface area contributed by atoms with Crippen LogP contribution in [0, 0.1) is 6.92 Å². The normalized spacial score (nSPS) is 11.2. The number of fused-ring (bicyclic) bond motifs is 1. The zero-order chi connectivity index (χ0) is 20.4. The van der Waals surface area contributed by atoms with Crippen LogP contribution in [0.1, 0.15) is 11.1 Å². The molecule has 5 nitrogen and oxygen atoms in total. The molecule has 1 heterocycles. The van der Waals surface area contributed by atoms with Crippen LogP contribution in [0.2, 0.25) is 0 Å². The Morgan fingerprint density at radius 3 is 2.52 bits per heavy atom. The second-order valence-corrected chi connectivity index (χ2v) is 7.31. The van der Waals surface area contributed by atoms with Gasteiger partial charge in [-0.1, -0.05) is 54.1 Å². The minimum absolute atomic E-state index is 0.116. The second-order valence-electron chi connectivity index (χ2n) is 6.87. The predicted octanol–water partition coefficient (Wildman–Crippen LogP) is 4.56. The van der Waals surface area contributed by atoms with E-state index in [2.05, 4.69) is 58.8 Å². The molecule has 0 fully saturated rings. The van der Waals surface area contributed by atoms with Gasteiger partial charge in [-0.25, -0.2) is 0 Å². The Bertz CT molecular complexity index is 1220. The molecule has 1 aromatic heterocycles. The predicted molar refractivity (Wildman–Crippen MR) is 126 cm³/mol. The van der Waals surface area contributed by atoms with Gasteiger partial charge >= 0.3 is 0 Å². The van der Waals surface area contributed by atoms with Gasteiger partial charge in [0.15, 0.2) is 5.11 Å². The number of hydrazone groups is 1. The van der Waals surface area contributed by atoms with E-state index in [1.807, 2.05) is 30.3 Å². The van der Waals surface area contributed by atoms with Crippen LogP contribution in [-0.4, -0.2) is 16.3 Å². The van der Waals surface area contributed by atoms with Crippen LogP contribution < -0.4 is 16.9 Å². The van der Waals surface area contributed by atoms with E-state index < -0.39 is 0 Å². The molecule has 6 heteroatoms. The molecule has 6 N–H and O–H groups in total. The molecule has 0 spiro atoms. The zero-order valence-corrected chi connectivity index (χ0v) is 16.8. The second kappa shape index (κ2) is 7.77. The largest absolute Gasteiger partial charge is 0.399 e. The summed E-state index contributed by atoms with van der Waals surface area (Å²) in [6.45, 7) is 2.08. The van der Waals surface area contributed by atoms with Crippen LogP contribution in [0.15, 0.2) is 71.8 Å². The fraction of sp³-hybridized carbons (Fsp3) is 0.0435. The number of nitrogens with two attached hydrogens (primary N) is 2. The van der Waals surface area contributed by atoms with Crippen molar-refractivity contribution in [1.29, 1.82) is 0 Å². The Morgan fingerprint density at radius 1 is 1.03 bits per heavy atom. The molecule has 0 radical (unpaired) electrons. The van der Waals surface area contributed by atoms with Gasteiger partial charge in [0.25, 0.3) is 0 Å². The van der Waals surface area contributed by atoms with Crippen LogP contribution in [0.4, 0.5) is 5.69 Å². The summed E-state index contributed by atoms with van der Waals surface area (Å²) >= 11 is 4.87. The van der Waals surface area contributed by atoms with Crippen LogP contribution in [-0.2, 0) is 0 Å². The summed E-state index contributed by atoms with van der Waals surface area (Å²) in [5.41, 5.74) is 22.2. The fourth-order valence-corrected chi connectivity index (χ4v) is 3.51. The van der Waals surface area contributed by atoms with Crippen molar-refractivity contribution in [2.45, 2.75) is 6.92 Å². The lowest BCUT2D eigenvalue weighted by molar-refractivity contribution is 1.04. The molecule has 4 aromatic rings. The van der Waals surface area contributed by atoms with Gasteiger partial charge in [0, 0.05) is 27.7 Å². The van der Waals surface area contributed by atoms with E-state index in [4.69, 9.17) is 23.7 Å². The molecular formula is C23H21N5S. The molecule has 29 heavy (non-hydrogen) atoms. The maximum atomic E-state index is 6.02. The number of aromatic nitrogens is 1. The summed E-state index contributed by atoms with van der Waals surface area (Å²) in [4.78, 5) is 3.53. The highest BCUT2D eigenvalue weighted by Gasteiger charge is 2.16. The van der Waals surface area contributed by atoms with Crippen LogP contribution >= 0.6 is 12.2 Å². The average molecular weight is 400 g/mol. The van der Waals surface area contributed by atoms with Crippen molar-refractivity contribution in [2.24, 2.45) is 10.8 Å². The maximum absolute atomic E-state index is 6.02. The Balaban J connectivity index is 1.98. The van der Waals surface area contributed by atoms with Gasteiger partial charge < -0.3 is 16.5 Å². The minimum Gasteiger partial charge on any atom is -0.399 e. The third-order valence-electron chi connectivity index (χ3n) is 4.77. The van der Waals surface area contributed by atoms with Crippen LogP contribution in [0.25, 0.3) is 33.3 Å². The molecule has 0 amide bonds. The summed E-state index contributed by atoms with van der Waals surface area (Å²) in [6.07, 6.45) is 1.74. The van der Waals surface area contributed by atoms with E-state index >= 15 is 0 Å². The van der Waals surface area contributed by atoms with Crippen molar-refractivity contribution >= 4 is 40.1 Å². The van der Waals surface area contributed by atoms with E-state index in [0.29, 0.717) is 5.69 Å². The van der Waals surface area contributed by atoms with Crippen molar-refractivity contribution in [1.82, 2.24) is 10.4 Å². The first-order valence-electron chi connectivity index (χ1n) is 9.19. The first-order chi connectivity index (χ1) is 14.0. The Labute approximate surface area is 174 Å². The SMILES string of the molecule is Cc1ccc(-c2cccc3[nH]c(-c4cccc(N)c4)c(/C=N/NC(N)=S)c23)cc1. The third kappa shape index (κ3) is 3.83. The van der Waals surface area contributed by atoms with Crippen molar-refractivity contribution in [3.63, 3.8) is 0 Å². The minimum atomic E-state index is 0.116. The van der Waals surface area contributed by atoms with Crippen molar-refractivity contribution in [3.8, 4) is 22.4 Å². The molecule has 0 unspecified atom stereocenters. The average Bonchev–Trinajstić information content (AvgIpc) is 3.07. The Hall–Kier alpha value is -3.64. The van der Waals surface area contributed by atoms with E-state index in [-0.39, 0.29) is 5.11 Å².